The summed E-state index contributed by atoms with van der Waals surface area (Å²) in [5.41, 5.74) is 28.3. The number of allylic oxidation sites excluding steroid dienone is 1. The van der Waals surface area contributed by atoms with Gasteiger partial charge in [-0.1, -0.05) is 30.3 Å². The van der Waals surface area contributed by atoms with Gasteiger partial charge in [0.2, 0.25) is 11.6 Å². The second-order valence-electron chi connectivity index (χ2n) is 2.79. The van der Waals surface area contributed by atoms with Crippen LogP contribution in [0.4, 0.5) is 0 Å². The van der Waals surface area contributed by atoms with E-state index >= 15 is 0 Å². The van der Waals surface area contributed by atoms with Crippen molar-refractivity contribution in [3.05, 3.63) is 73.4 Å². The summed E-state index contributed by atoms with van der Waals surface area (Å²) in [6.45, 7) is 0. The molecule has 0 atom stereocenters. The largest absolute Gasteiger partial charge is 0.373 e. The first kappa shape index (κ1) is 14.9. The lowest BCUT2D eigenvalue weighted by atomic mass is 9.96. The minimum atomic E-state index is -0.436. The Bertz CT molecular complexity index is 539. The standard InChI is InChI=1S/C10H6O2.2N3/c11-9-6-5-7-3-1-2-4-8(7)10(9)12;2*1-3-2/h1-6H;;/q;2*-1. The predicted octanol–water partition coefficient (Wildman–Crippen LogP) is 3.20. The fourth-order valence-electron chi connectivity index (χ4n) is 1.22. The highest BCUT2D eigenvalue weighted by Crippen LogP contribution is 2.16. The Hall–Kier alpha value is -3.08. The van der Waals surface area contributed by atoms with E-state index in [4.69, 9.17) is 22.1 Å². The lowest BCUT2D eigenvalue weighted by Crippen LogP contribution is -2.15. The van der Waals surface area contributed by atoms with E-state index < -0.39 is 11.6 Å². The van der Waals surface area contributed by atoms with Gasteiger partial charge in [-0.05, 0) is 11.6 Å². The van der Waals surface area contributed by atoms with Crippen LogP contribution < -0.4 is 0 Å². The Labute approximate surface area is 101 Å². The van der Waals surface area contributed by atoms with Crippen molar-refractivity contribution in [2.24, 2.45) is 0 Å². The number of nitrogens with zero attached hydrogens (tertiary/aromatic N) is 6. The van der Waals surface area contributed by atoms with Crippen molar-refractivity contribution in [3.63, 3.8) is 0 Å². The molecule has 0 aromatic heterocycles. The fourth-order valence-corrected chi connectivity index (χ4v) is 1.22. The van der Waals surface area contributed by atoms with E-state index in [1.165, 1.54) is 15.9 Å². The number of benzene rings is 1. The number of Topliss-reactive ketones (excluding diaryl/α,β-unsaturated/α-hetero) is 1. The Kier molecular flexibility index (Phi) is 6.73. The molecular formula is C10H6N6O2-2. The maximum absolute atomic E-state index is 11.2. The highest BCUT2D eigenvalue weighted by Gasteiger charge is 2.19. The summed E-state index contributed by atoms with van der Waals surface area (Å²) in [7, 11) is 0. The first-order chi connectivity index (χ1) is 8.62. The fraction of sp³-hybridized carbons (Fsp3) is 0. The maximum Gasteiger partial charge on any atom is 0.233 e. The number of rotatable bonds is 0. The molecule has 0 saturated carbocycles. The van der Waals surface area contributed by atoms with Crippen LogP contribution in [0.2, 0.25) is 0 Å². The average Bonchev–Trinajstić information content (AvgIpc) is 2.36. The molecule has 1 aliphatic carbocycles. The number of carbonyl (C=O) groups excluding carboxylic acids is 2. The molecule has 8 heteroatoms. The van der Waals surface area contributed by atoms with Crippen molar-refractivity contribution in [3.8, 4) is 0 Å². The van der Waals surface area contributed by atoms with Gasteiger partial charge in [-0.3, -0.25) is 19.4 Å². The second-order valence-corrected chi connectivity index (χ2v) is 2.79. The van der Waals surface area contributed by atoms with Crippen LogP contribution in [0.25, 0.3) is 38.0 Å². The van der Waals surface area contributed by atoms with Gasteiger partial charge < -0.3 is 22.1 Å². The minimum Gasteiger partial charge on any atom is -0.373 e. The van der Waals surface area contributed by atoms with Gasteiger partial charge >= 0.3 is 0 Å². The molecule has 8 nitrogen and oxygen atoms in total. The third-order valence-electron chi connectivity index (χ3n) is 1.84. The highest BCUT2D eigenvalue weighted by molar-refractivity contribution is 6.49. The van der Waals surface area contributed by atoms with Crippen LogP contribution in [0.3, 0.4) is 0 Å². The first-order valence-electron chi connectivity index (χ1n) is 4.45. The smallest absolute Gasteiger partial charge is 0.233 e. The van der Waals surface area contributed by atoms with Crippen molar-refractivity contribution in [1.29, 1.82) is 0 Å². The monoisotopic (exact) mass is 242 g/mol. The molecule has 2 rings (SSSR count). The molecule has 0 unspecified atom stereocenters. The van der Waals surface area contributed by atoms with Crippen LogP contribution in [0.15, 0.2) is 30.3 Å². The molecule has 0 radical (unpaired) electrons. The Morgan fingerprint density at radius 2 is 1.33 bits per heavy atom. The van der Waals surface area contributed by atoms with Crippen LogP contribution in [0, 0.1) is 0 Å². The zero-order chi connectivity index (χ0) is 14.0. The molecule has 0 amide bonds. The van der Waals surface area contributed by atoms with Crippen LogP contribution in [0.1, 0.15) is 15.9 Å². The molecule has 0 heterocycles. The van der Waals surface area contributed by atoms with E-state index in [9.17, 15) is 9.59 Å². The zero-order valence-electron chi connectivity index (χ0n) is 8.96. The first-order valence-corrected chi connectivity index (χ1v) is 4.45. The Morgan fingerprint density at radius 3 is 1.89 bits per heavy atom. The van der Waals surface area contributed by atoms with Gasteiger partial charge in [-0.2, -0.15) is 0 Å². The third-order valence-corrected chi connectivity index (χ3v) is 1.84. The molecule has 90 valence electrons. The zero-order valence-corrected chi connectivity index (χ0v) is 8.96. The van der Waals surface area contributed by atoms with Gasteiger partial charge in [-0.15, -0.1) is 0 Å². The van der Waals surface area contributed by atoms with E-state index in [0.29, 0.717) is 5.56 Å². The lowest BCUT2D eigenvalue weighted by Gasteiger charge is -2.06. The SMILES string of the molecule is O=C1C=Cc2ccccc2C1=O.[N-]=[N+]=[N-].[N-]=[N+]=[N-]. The lowest BCUT2D eigenvalue weighted by molar-refractivity contribution is -0.110. The summed E-state index contributed by atoms with van der Waals surface area (Å²) < 4.78 is 0. The summed E-state index contributed by atoms with van der Waals surface area (Å²) in [5.74, 6) is -0.846. The van der Waals surface area contributed by atoms with Gasteiger partial charge in [0.1, 0.15) is 0 Å². The maximum atomic E-state index is 11.2. The molecular weight excluding hydrogens is 236 g/mol. The molecule has 0 saturated heterocycles. The van der Waals surface area contributed by atoms with Gasteiger partial charge in [0.15, 0.2) is 0 Å². The van der Waals surface area contributed by atoms with Gasteiger partial charge in [0.25, 0.3) is 0 Å². The highest BCUT2D eigenvalue weighted by atomic mass is 16.2. The van der Waals surface area contributed by atoms with E-state index in [1.807, 2.05) is 12.1 Å². The van der Waals surface area contributed by atoms with Crippen LogP contribution >= 0.6 is 0 Å². The van der Waals surface area contributed by atoms with Gasteiger partial charge in [0.05, 0.1) is 0 Å². The van der Waals surface area contributed by atoms with Crippen LogP contribution in [-0.2, 0) is 4.79 Å². The molecule has 18 heavy (non-hydrogen) atoms. The quantitative estimate of drug-likeness (QED) is 0.297. The molecule has 0 N–H and O–H groups in total. The molecule has 1 aromatic carbocycles. The van der Waals surface area contributed by atoms with Crippen molar-refractivity contribution >= 4 is 17.6 Å². The number of ketones is 2. The predicted molar refractivity (Wildman–Crippen MR) is 65.0 cm³/mol. The molecule has 1 aromatic rings. The van der Waals surface area contributed by atoms with Crippen molar-refractivity contribution in [2.75, 3.05) is 0 Å². The summed E-state index contributed by atoms with van der Waals surface area (Å²) in [5, 5.41) is 0. The number of fused-ring (bicyclic) bond motifs is 1. The Morgan fingerprint density at radius 1 is 0.833 bits per heavy atom. The topological polar surface area (TPSA) is 152 Å². The van der Waals surface area contributed by atoms with Crippen molar-refractivity contribution in [1.82, 2.24) is 0 Å². The van der Waals surface area contributed by atoms with Gasteiger partial charge in [0, 0.05) is 5.56 Å². The van der Waals surface area contributed by atoms with E-state index in [2.05, 4.69) is 0 Å². The molecule has 0 aliphatic heterocycles. The Balaban J connectivity index is 0.000000414. The number of hydrogen-bond acceptors (Lipinski definition) is 2. The number of hydrogen-bond donors (Lipinski definition) is 0. The summed E-state index contributed by atoms with van der Waals surface area (Å²) in [6, 6.07) is 7.07. The average molecular weight is 242 g/mol. The van der Waals surface area contributed by atoms with E-state index in [0.717, 1.165) is 5.56 Å². The summed E-state index contributed by atoms with van der Waals surface area (Å²) in [4.78, 5) is 25.1. The minimum absolute atomic E-state index is 0.409. The molecule has 0 fully saturated rings. The molecule has 1 aliphatic rings. The summed E-state index contributed by atoms with van der Waals surface area (Å²) >= 11 is 0. The van der Waals surface area contributed by atoms with Crippen LogP contribution in [0.5, 0.6) is 0 Å². The van der Waals surface area contributed by atoms with Gasteiger partial charge in [-0.25, -0.2) is 0 Å². The summed E-state index contributed by atoms with van der Waals surface area (Å²) in [6.07, 6.45) is 2.98. The normalized spacial score (nSPS) is 10.7. The molecule has 0 spiro atoms. The van der Waals surface area contributed by atoms with E-state index in [-0.39, 0.29) is 0 Å². The van der Waals surface area contributed by atoms with Crippen LogP contribution in [-0.4, -0.2) is 11.6 Å². The third kappa shape index (κ3) is 4.19. The second kappa shape index (κ2) is 8.12. The van der Waals surface area contributed by atoms with Crippen molar-refractivity contribution < 1.29 is 9.59 Å². The molecule has 0 bridgehead atoms. The van der Waals surface area contributed by atoms with E-state index in [1.54, 1.807) is 18.2 Å². The van der Waals surface area contributed by atoms with Crippen molar-refractivity contribution in [2.45, 2.75) is 0 Å². The number of carbonyl (C=O) groups is 2.